The van der Waals surface area contributed by atoms with Gasteiger partial charge in [0.2, 0.25) is 5.88 Å². The van der Waals surface area contributed by atoms with Crippen molar-refractivity contribution in [1.29, 1.82) is 0 Å². The van der Waals surface area contributed by atoms with E-state index in [0.29, 0.717) is 29.7 Å². The topological polar surface area (TPSA) is 64.6 Å². The number of rotatable bonds is 4. The molecule has 1 aliphatic rings. The molecule has 0 bridgehead atoms. The second kappa shape index (κ2) is 7.77. The quantitative estimate of drug-likeness (QED) is 0.571. The molecule has 0 radical (unpaired) electrons. The molecular formula is C20H20BrN3O3S. The summed E-state index contributed by atoms with van der Waals surface area (Å²) in [4.78, 5) is 25.7. The molecule has 1 aromatic carbocycles. The van der Waals surface area contributed by atoms with Crippen LogP contribution in [0, 0.1) is 6.92 Å². The van der Waals surface area contributed by atoms with Gasteiger partial charge in [0.05, 0.1) is 17.4 Å². The fourth-order valence-corrected chi connectivity index (χ4v) is 5.14. The minimum atomic E-state index is -0.000818. The Kier molecular flexibility index (Phi) is 5.35. The van der Waals surface area contributed by atoms with Crippen LogP contribution >= 0.6 is 27.3 Å². The highest BCUT2D eigenvalue weighted by atomic mass is 79.9. The van der Waals surface area contributed by atoms with Crippen LogP contribution in [0.5, 0.6) is 5.88 Å². The van der Waals surface area contributed by atoms with Gasteiger partial charge in [-0.2, -0.15) is 4.98 Å². The zero-order valence-corrected chi connectivity index (χ0v) is 18.3. The maximum atomic E-state index is 13.5. The summed E-state index contributed by atoms with van der Waals surface area (Å²) in [6.07, 6.45) is 1.92. The number of aromatic nitrogens is 2. The fraction of sp³-hybridized carbons (Fsp3) is 0.350. The molecule has 0 unspecified atom stereocenters. The van der Waals surface area contributed by atoms with Crippen molar-refractivity contribution in [3.8, 4) is 5.88 Å². The first kappa shape index (κ1) is 19.3. The van der Waals surface area contributed by atoms with Gasteiger partial charge in [0.1, 0.15) is 11.4 Å². The molecule has 1 amide bonds. The van der Waals surface area contributed by atoms with Crippen molar-refractivity contribution in [3.63, 3.8) is 0 Å². The number of hydrogen-bond donors (Lipinski definition) is 0. The normalized spacial score (nSPS) is 13.6. The average Bonchev–Trinajstić information content (AvgIpc) is 3.03. The number of carbonyl (C=O) groups is 1. The van der Waals surface area contributed by atoms with Crippen LogP contribution in [0.1, 0.15) is 33.0 Å². The van der Waals surface area contributed by atoms with E-state index in [1.165, 1.54) is 16.9 Å². The van der Waals surface area contributed by atoms with E-state index >= 15 is 0 Å². The van der Waals surface area contributed by atoms with Crippen molar-refractivity contribution < 1.29 is 14.3 Å². The smallest absolute Gasteiger partial charge is 0.268 e. The summed E-state index contributed by atoms with van der Waals surface area (Å²) in [5, 5.41) is 0.795. The van der Waals surface area contributed by atoms with E-state index in [9.17, 15) is 4.79 Å². The Morgan fingerprint density at radius 2 is 2.14 bits per heavy atom. The molecule has 6 nitrogen and oxygen atoms in total. The molecule has 0 saturated heterocycles. The second-order valence-electron chi connectivity index (χ2n) is 6.65. The standard InChI is InChI=1S/C20H20BrN3O3S/c1-11-16-18(27-3)22-15(10-26-2)23-19(16)28-17(11)20(25)24-8-4-5-12-9-13(21)6-7-14(12)24/h6-7,9H,4-5,8,10H2,1-3H3. The Morgan fingerprint density at radius 3 is 2.89 bits per heavy atom. The number of ether oxygens (including phenoxy) is 2. The number of aryl methyl sites for hydroxylation is 2. The molecular weight excluding hydrogens is 442 g/mol. The zero-order chi connectivity index (χ0) is 19.8. The van der Waals surface area contributed by atoms with Crippen LogP contribution in [0.25, 0.3) is 10.2 Å². The zero-order valence-electron chi connectivity index (χ0n) is 15.9. The van der Waals surface area contributed by atoms with E-state index in [-0.39, 0.29) is 5.91 Å². The summed E-state index contributed by atoms with van der Waals surface area (Å²) < 4.78 is 11.7. The van der Waals surface area contributed by atoms with Gasteiger partial charge in [-0.15, -0.1) is 11.3 Å². The number of anilines is 1. The van der Waals surface area contributed by atoms with Crippen molar-refractivity contribution in [3.05, 3.63) is 44.5 Å². The number of amides is 1. The van der Waals surface area contributed by atoms with Crippen molar-refractivity contribution in [2.45, 2.75) is 26.4 Å². The molecule has 0 atom stereocenters. The van der Waals surface area contributed by atoms with Gasteiger partial charge in [-0.1, -0.05) is 15.9 Å². The number of halogens is 1. The summed E-state index contributed by atoms with van der Waals surface area (Å²) in [5.74, 6) is 1.02. The van der Waals surface area contributed by atoms with Crippen LogP contribution in [0.2, 0.25) is 0 Å². The third kappa shape index (κ3) is 3.29. The van der Waals surface area contributed by atoms with Gasteiger partial charge < -0.3 is 14.4 Å². The lowest BCUT2D eigenvalue weighted by Crippen LogP contribution is -2.35. The molecule has 3 aromatic rings. The number of nitrogens with zero attached hydrogens (tertiary/aromatic N) is 3. The SMILES string of the molecule is COCc1nc(OC)c2c(C)c(C(=O)N3CCCc4cc(Br)ccc43)sc2n1. The third-order valence-corrected chi connectivity index (χ3v) is 6.54. The van der Waals surface area contributed by atoms with Crippen molar-refractivity contribution in [2.75, 3.05) is 25.7 Å². The van der Waals surface area contributed by atoms with E-state index in [1.54, 1.807) is 14.2 Å². The number of carbonyl (C=O) groups excluding carboxylic acids is 1. The van der Waals surface area contributed by atoms with Crippen LogP contribution in [-0.2, 0) is 17.8 Å². The minimum Gasteiger partial charge on any atom is -0.480 e. The van der Waals surface area contributed by atoms with Crippen molar-refractivity contribution in [2.24, 2.45) is 0 Å². The number of benzene rings is 1. The van der Waals surface area contributed by atoms with Crippen molar-refractivity contribution in [1.82, 2.24) is 9.97 Å². The minimum absolute atomic E-state index is 0.000818. The highest BCUT2D eigenvalue weighted by Crippen LogP contribution is 2.38. The van der Waals surface area contributed by atoms with Crippen LogP contribution in [0.15, 0.2) is 22.7 Å². The Bertz CT molecular complexity index is 1070. The monoisotopic (exact) mass is 461 g/mol. The summed E-state index contributed by atoms with van der Waals surface area (Å²) >= 11 is 4.91. The van der Waals surface area contributed by atoms with Gasteiger partial charge in [0.25, 0.3) is 5.91 Å². The largest absolute Gasteiger partial charge is 0.480 e. The summed E-state index contributed by atoms with van der Waals surface area (Å²) in [6, 6.07) is 6.09. The Morgan fingerprint density at radius 1 is 1.32 bits per heavy atom. The molecule has 0 spiro atoms. The van der Waals surface area contributed by atoms with Crippen LogP contribution in [0.4, 0.5) is 5.69 Å². The lowest BCUT2D eigenvalue weighted by Gasteiger charge is -2.29. The molecule has 2 aromatic heterocycles. The van der Waals surface area contributed by atoms with E-state index in [0.717, 1.165) is 38.8 Å². The van der Waals surface area contributed by atoms with Gasteiger partial charge in [0, 0.05) is 23.8 Å². The van der Waals surface area contributed by atoms with Gasteiger partial charge in [-0.3, -0.25) is 4.79 Å². The van der Waals surface area contributed by atoms with Gasteiger partial charge in [-0.05, 0) is 49.1 Å². The van der Waals surface area contributed by atoms with E-state index in [4.69, 9.17) is 9.47 Å². The summed E-state index contributed by atoms with van der Waals surface area (Å²) in [5.41, 5.74) is 3.02. The van der Waals surface area contributed by atoms with E-state index in [2.05, 4.69) is 32.0 Å². The predicted octanol–water partition coefficient (Wildman–Crippen LogP) is 4.51. The highest BCUT2D eigenvalue weighted by molar-refractivity contribution is 9.10. The third-order valence-electron chi connectivity index (χ3n) is 4.87. The second-order valence-corrected chi connectivity index (χ2v) is 8.57. The first-order valence-electron chi connectivity index (χ1n) is 8.96. The number of fused-ring (bicyclic) bond motifs is 2. The molecule has 1 aliphatic heterocycles. The highest BCUT2D eigenvalue weighted by Gasteiger charge is 2.28. The first-order valence-corrected chi connectivity index (χ1v) is 10.6. The molecule has 0 saturated carbocycles. The van der Waals surface area contributed by atoms with Crippen LogP contribution < -0.4 is 9.64 Å². The number of thiophene rings is 1. The number of hydrogen-bond acceptors (Lipinski definition) is 6. The lowest BCUT2D eigenvalue weighted by atomic mass is 10.0. The molecule has 3 heterocycles. The fourth-order valence-electron chi connectivity index (χ4n) is 3.59. The molecule has 28 heavy (non-hydrogen) atoms. The van der Waals surface area contributed by atoms with Gasteiger partial charge in [-0.25, -0.2) is 4.98 Å². The van der Waals surface area contributed by atoms with Crippen molar-refractivity contribution >= 4 is 49.1 Å². The Hall–Kier alpha value is -2.03. The Balaban J connectivity index is 1.80. The van der Waals surface area contributed by atoms with E-state index < -0.39 is 0 Å². The summed E-state index contributed by atoms with van der Waals surface area (Å²) in [6.45, 7) is 2.93. The maximum Gasteiger partial charge on any atom is 0.268 e. The molecule has 8 heteroatoms. The molecule has 4 rings (SSSR count). The van der Waals surface area contributed by atoms with Gasteiger partial charge in [0.15, 0.2) is 5.82 Å². The van der Waals surface area contributed by atoms with Gasteiger partial charge >= 0.3 is 0 Å². The predicted molar refractivity (Wildman–Crippen MR) is 114 cm³/mol. The maximum absolute atomic E-state index is 13.5. The number of methoxy groups -OCH3 is 2. The van der Waals surface area contributed by atoms with Crippen LogP contribution in [0.3, 0.4) is 0 Å². The molecule has 146 valence electrons. The Labute approximate surface area is 175 Å². The molecule has 0 fully saturated rings. The van der Waals surface area contributed by atoms with Crippen LogP contribution in [-0.4, -0.2) is 36.6 Å². The average molecular weight is 462 g/mol. The first-order chi connectivity index (χ1) is 13.5. The summed E-state index contributed by atoms with van der Waals surface area (Å²) in [7, 11) is 3.18. The lowest BCUT2D eigenvalue weighted by molar-refractivity contribution is 0.0988. The molecule has 0 N–H and O–H groups in total. The molecule has 0 aliphatic carbocycles. The van der Waals surface area contributed by atoms with E-state index in [1.807, 2.05) is 24.0 Å².